The van der Waals surface area contributed by atoms with Crippen LogP contribution in [0, 0.1) is 6.92 Å². The number of hydrogen-bond donors (Lipinski definition) is 3. The Bertz CT molecular complexity index is 1180. The van der Waals surface area contributed by atoms with Crippen molar-refractivity contribution in [3.05, 3.63) is 93.9 Å². The lowest BCUT2D eigenvalue weighted by molar-refractivity contribution is -0.118. The average Bonchev–Trinajstić information content (AvgIpc) is 3.14. The van der Waals surface area contributed by atoms with E-state index >= 15 is 0 Å². The van der Waals surface area contributed by atoms with E-state index in [9.17, 15) is 9.59 Å². The van der Waals surface area contributed by atoms with Crippen molar-refractivity contribution in [3.63, 3.8) is 0 Å². The Labute approximate surface area is 201 Å². The Morgan fingerprint density at radius 1 is 1.12 bits per heavy atom. The normalized spacial score (nSPS) is 16.4. The van der Waals surface area contributed by atoms with Crippen LogP contribution in [-0.4, -0.2) is 23.9 Å². The number of halogens is 1. The van der Waals surface area contributed by atoms with E-state index in [0.717, 1.165) is 22.5 Å². The highest BCUT2D eigenvalue weighted by Gasteiger charge is 2.27. The molecule has 1 atom stereocenters. The summed E-state index contributed by atoms with van der Waals surface area (Å²) < 4.78 is 5.55. The third-order valence-electron chi connectivity index (χ3n) is 4.81. The zero-order chi connectivity index (χ0) is 23.2. The highest BCUT2D eigenvalue weighted by molar-refractivity contribution is 8.05. The predicted octanol–water partition coefficient (Wildman–Crippen LogP) is 5.27. The maximum absolute atomic E-state index is 12.4. The zero-order valence-corrected chi connectivity index (χ0v) is 19.4. The van der Waals surface area contributed by atoms with Gasteiger partial charge < -0.3 is 20.7 Å². The fourth-order valence-electron chi connectivity index (χ4n) is 3.17. The van der Waals surface area contributed by atoms with Crippen LogP contribution < -0.4 is 20.7 Å². The molecule has 1 fully saturated rings. The number of benzene rings is 3. The minimum atomic E-state index is -0.269. The molecule has 33 heavy (non-hydrogen) atoms. The van der Waals surface area contributed by atoms with Gasteiger partial charge in [0.25, 0.3) is 11.8 Å². The van der Waals surface area contributed by atoms with Gasteiger partial charge in [0.05, 0.1) is 4.91 Å². The Hall–Kier alpha value is -3.42. The first-order valence-corrected chi connectivity index (χ1v) is 11.5. The molecular formula is C25H22ClN3O3S. The van der Waals surface area contributed by atoms with E-state index in [4.69, 9.17) is 16.3 Å². The molecule has 0 saturated carbocycles. The van der Waals surface area contributed by atoms with E-state index < -0.39 is 0 Å². The van der Waals surface area contributed by atoms with Crippen molar-refractivity contribution in [2.45, 2.75) is 12.4 Å². The van der Waals surface area contributed by atoms with Crippen LogP contribution in [0.15, 0.2) is 77.7 Å². The van der Waals surface area contributed by atoms with Gasteiger partial charge in [-0.1, -0.05) is 53.7 Å². The third kappa shape index (κ3) is 6.31. The van der Waals surface area contributed by atoms with E-state index in [-0.39, 0.29) is 23.9 Å². The lowest BCUT2D eigenvalue weighted by atomic mass is 10.2. The van der Waals surface area contributed by atoms with Crippen LogP contribution in [0.5, 0.6) is 5.75 Å². The summed E-state index contributed by atoms with van der Waals surface area (Å²) in [6.45, 7) is 1.87. The van der Waals surface area contributed by atoms with Gasteiger partial charge in [0, 0.05) is 16.4 Å². The molecule has 3 aromatic rings. The van der Waals surface area contributed by atoms with Gasteiger partial charge in [-0.25, -0.2) is 0 Å². The largest absolute Gasteiger partial charge is 0.484 e. The zero-order valence-electron chi connectivity index (χ0n) is 17.8. The molecule has 0 aromatic heterocycles. The van der Waals surface area contributed by atoms with E-state index in [1.165, 1.54) is 11.8 Å². The number of rotatable bonds is 7. The molecule has 2 amide bonds. The first kappa shape index (κ1) is 22.8. The van der Waals surface area contributed by atoms with Gasteiger partial charge in [-0.2, -0.15) is 0 Å². The summed E-state index contributed by atoms with van der Waals surface area (Å²) in [6.07, 6.45) is 1.82. The summed E-state index contributed by atoms with van der Waals surface area (Å²) in [4.78, 5) is 25.0. The van der Waals surface area contributed by atoms with Gasteiger partial charge in [0.1, 0.15) is 5.75 Å². The summed E-state index contributed by atoms with van der Waals surface area (Å²) in [5, 5.41) is 9.67. The van der Waals surface area contributed by atoms with Crippen molar-refractivity contribution in [3.8, 4) is 5.75 Å². The number of ether oxygens (including phenoxy) is 1. The summed E-state index contributed by atoms with van der Waals surface area (Å²) in [7, 11) is 0. The highest BCUT2D eigenvalue weighted by atomic mass is 35.5. The Balaban J connectivity index is 1.31. The molecule has 1 unspecified atom stereocenters. The minimum Gasteiger partial charge on any atom is -0.484 e. The summed E-state index contributed by atoms with van der Waals surface area (Å²) in [6, 6.07) is 22.0. The topological polar surface area (TPSA) is 79.5 Å². The number of amides is 2. The van der Waals surface area contributed by atoms with Gasteiger partial charge in [0.2, 0.25) is 0 Å². The first-order chi connectivity index (χ1) is 16.0. The van der Waals surface area contributed by atoms with Crippen LogP contribution in [0.1, 0.15) is 11.1 Å². The molecule has 0 spiro atoms. The van der Waals surface area contributed by atoms with Crippen molar-refractivity contribution < 1.29 is 14.3 Å². The monoisotopic (exact) mass is 479 g/mol. The number of hydrogen-bond acceptors (Lipinski definition) is 5. The predicted molar refractivity (Wildman–Crippen MR) is 134 cm³/mol. The second-order valence-electron chi connectivity index (χ2n) is 7.36. The van der Waals surface area contributed by atoms with E-state index in [1.54, 1.807) is 12.1 Å². The number of nitrogens with one attached hydrogen (secondary N) is 3. The summed E-state index contributed by atoms with van der Waals surface area (Å²) in [5.41, 5.74) is 3.23. The molecule has 0 bridgehead atoms. The van der Waals surface area contributed by atoms with Crippen LogP contribution in [0.4, 0.5) is 11.4 Å². The van der Waals surface area contributed by atoms with Crippen molar-refractivity contribution >= 4 is 52.6 Å². The fraction of sp³-hybridized carbons (Fsp3) is 0.120. The maximum atomic E-state index is 12.4. The molecule has 1 aliphatic rings. The smallest absolute Gasteiger partial charge is 0.262 e. The van der Waals surface area contributed by atoms with Crippen LogP contribution in [0.2, 0.25) is 5.02 Å². The molecule has 1 aliphatic heterocycles. The molecule has 8 heteroatoms. The molecular weight excluding hydrogens is 458 g/mol. The van der Waals surface area contributed by atoms with Crippen LogP contribution in [-0.2, 0) is 9.59 Å². The Kier molecular flexibility index (Phi) is 7.22. The number of aryl methyl sites for hydroxylation is 1. The van der Waals surface area contributed by atoms with Crippen LogP contribution >= 0.6 is 23.4 Å². The van der Waals surface area contributed by atoms with E-state index in [2.05, 4.69) is 16.0 Å². The molecule has 1 saturated heterocycles. The van der Waals surface area contributed by atoms with E-state index in [1.807, 2.05) is 73.7 Å². The first-order valence-electron chi connectivity index (χ1n) is 10.3. The lowest BCUT2D eigenvalue weighted by Gasteiger charge is -2.15. The molecule has 3 N–H and O–H groups in total. The molecule has 1 heterocycles. The third-order valence-corrected chi connectivity index (χ3v) is 6.07. The maximum Gasteiger partial charge on any atom is 0.262 e. The Morgan fingerprint density at radius 2 is 1.88 bits per heavy atom. The SMILES string of the molecule is Cc1cc(Cl)ccc1NC1NC(=O)/C(=C/c2ccc(OCC(=O)Nc3ccccc3)cc2)S1. The molecule has 0 radical (unpaired) electrons. The fourth-order valence-corrected chi connectivity index (χ4v) is 4.38. The lowest BCUT2D eigenvalue weighted by Crippen LogP contribution is -2.31. The second-order valence-corrected chi connectivity index (χ2v) is 8.94. The molecule has 0 aliphatic carbocycles. The van der Waals surface area contributed by atoms with Gasteiger partial charge in [-0.3, -0.25) is 9.59 Å². The number of para-hydroxylation sites is 1. The number of thioether (sulfide) groups is 1. The molecule has 3 aromatic carbocycles. The number of carbonyl (C=O) groups is 2. The van der Waals surface area contributed by atoms with Crippen molar-refractivity contribution in [2.75, 3.05) is 17.2 Å². The van der Waals surface area contributed by atoms with Gasteiger partial charge in [-0.15, -0.1) is 0 Å². The quantitative estimate of drug-likeness (QED) is 0.402. The molecule has 168 valence electrons. The van der Waals surface area contributed by atoms with Crippen LogP contribution in [0.3, 0.4) is 0 Å². The summed E-state index contributed by atoms with van der Waals surface area (Å²) >= 11 is 7.42. The van der Waals surface area contributed by atoms with Crippen LogP contribution in [0.25, 0.3) is 6.08 Å². The van der Waals surface area contributed by atoms with Crippen molar-refractivity contribution in [2.24, 2.45) is 0 Å². The highest BCUT2D eigenvalue weighted by Crippen LogP contribution is 2.31. The van der Waals surface area contributed by atoms with Gasteiger partial charge in [0.15, 0.2) is 12.1 Å². The second kappa shape index (κ2) is 10.5. The van der Waals surface area contributed by atoms with Gasteiger partial charge in [-0.05, 0) is 66.6 Å². The number of carbonyl (C=O) groups excluding carboxylic acids is 2. The average molecular weight is 480 g/mol. The molecule has 4 rings (SSSR count). The van der Waals surface area contributed by atoms with Gasteiger partial charge >= 0.3 is 0 Å². The van der Waals surface area contributed by atoms with Crippen molar-refractivity contribution in [1.82, 2.24) is 5.32 Å². The standard InChI is InChI=1S/C25H22ClN3O3S/c1-16-13-18(26)9-12-21(16)28-25-29-24(31)22(33-25)14-17-7-10-20(11-8-17)32-15-23(30)27-19-5-3-2-4-6-19/h2-14,25,28H,15H2,1H3,(H,27,30)(H,29,31)/b22-14-. The molecule has 6 nitrogen and oxygen atoms in total. The van der Waals surface area contributed by atoms with Crippen molar-refractivity contribution in [1.29, 1.82) is 0 Å². The minimum absolute atomic E-state index is 0.0922. The Morgan fingerprint density at radius 3 is 2.61 bits per heavy atom. The number of anilines is 2. The van der Waals surface area contributed by atoms with E-state index in [0.29, 0.717) is 15.7 Å². The summed E-state index contributed by atoms with van der Waals surface area (Å²) in [5.74, 6) is 0.199.